The van der Waals surface area contributed by atoms with Crippen molar-refractivity contribution in [2.24, 2.45) is 7.05 Å². The molecule has 1 aliphatic heterocycles. The Balaban J connectivity index is 1.63. The Kier molecular flexibility index (Phi) is 4.73. The number of aryl methyl sites for hydroxylation is 2. The Bertz CT molecular complexity index is 734. The first kappa shape index (κ1) is 17.7. The van der Waals surface area contributed by atoms with Gasteiger partial charge < -0.3 is 14.5 Å². The maximum Gasteiger partial charge on any atom is 0.410 e. The number of piperazine rings is 1. The largest absolute Gasteiger partial charge is 0.444 e. The van der Waals surface area contributed by atoms with Crippen LogP contribution in [-0.4, -0.2) is 57.5 Å². The maximum atomic E-state index is 12.2. The SMILES string of the molecule is Cc1cnn(C)c1-c1csc(N2CCN(C(=O)OC(C)(C)C)CC2)n1. The smallest absolute Gasteiger partial charge is 0.410 e. The van der Waals surface area contributed by atoms with Gasteiger partial charge in [0.05, 0.1) is 11.9 Å². The second-order valence-electron chi connectivity index (χ2n) is 7.27. The molecule has 136 valence electrons. The van der Waals surface area contributed by atoms with Gasteiger partial charge in [-0.05, 0) is 33.3 Å². The molecule has 0 atom stereocenters. The van der Waals surface area contributed by atoms with Gasteiger partial charge in [-0.3, -0.25) is 4.68 Å². The zero-order valence-corrected chi connectivity index (χ0v) is 16.3. The third-order valence-electron chi connectivity index (χ3n) is 4.06. The molecule has 1 fully saturated rings. The van der Waals surface area contributed by atoms with Gasteiger partial charge in [0.15, 0.2) is 5.13 Å². The standard InChI is InChI=1S/C17H25N5O2S/c1-12-10-18-20(5)14(12)13-11-25-15(19-13)21-6-8-22(9-7-21)16(23)24-17(2,3)4/h10-11H,6-9H2,1-5H3. The fraction of sp³-hybridized carbons (Fsp3) is 0.588. The highest BCUT2D eigenvalue weighted by Gasteiger charge is 2.27. The summed E-state index contributed by atoms with van der Waals surface area (Å²) in [6, 6.07) is 0. The molecule has 0 aromatic carbocycles. The Hall–Kier alpha value is -2.09. The number of hydrogen-bond acceptors (Lipinski definition) is 6. The molecule has 25 heavy (non-hydrogen) atoms. The van der Waals surface area contributed by atoms with Crippen LogP contribution in [0.4, 0.5) is 9.93 Å². The number of rotatable bonds is 2. The van der Waals surface area contributed by atoms with E-state index in [4.69, 9.17) is 9.72 Å². The van der Waals surface area contributed by atoms with E-state index >= 15 is 0 Å². The van der Waals surface area contributed by atoms with Gasteiger partial charge >= 0.3 is 6.09 Å². The van der Waals surface area contributed by atoms with Gasteiger partial charge in [-0.1, -0.05) is 0 Å². The van der Waals surface area contributed by atoms with Crippen LogP contribution in [0.15, 0.2) is 11.6 Å². The Morgan fingerprint density at radius 2 is 1.92 bits per heavy atom. The number of nitrogens with zero attached hydrogens (tertiary/aromatic N) is 5. The summed E-state index contributed by atoms with van der Waals surface area (Å²) in [5.74, 6) is 0. The molecule has 0 spiro atoms. The van der Waals surface area contributed by atoms with Gasteiger partial charge in [0.2, 0.25) is 0 Å². The molecular weight excluding hydrogens is 338 g/mol. The number of carbonyl (C=O) groups is 1. The first-order valence-electron chi connectivity index (χ1n) is 8.42. The lowest BCUT2D eigenvalue weighted by atomic mass is 10.2. The molecule has 1 saturated heterocycles. The van der Waals surface area contributed by atoms with E-state index in [-0.39, 0.29) is 6.09 Å². The highest BCUT2D eigenvalue weighted by atomic mass is 32.1. The molecule has 0 N–H and O–H groups in total. The summed E-state index contributed by atoms with van der Waals surface area (Å²) in [5, 5.41) is 7.34. The lowest BCUT2D eigenvalue weighted by Gasteiger charge is -2.35. The number of aromatic nitrogens is 3. The predicted octanol–water partition coefficient (Wildman–Crippen LogP) is 2.91. The van der Waals surface area contributed by atoms with Crippen molar-refractivity contribution in [2.75, 3.05) is 31.1 Å². The highest BCUT2D eigenvalue weighted by Crippen LogP contribution is 2.29. The fourth-order valence-corrected chi connectivity index (χ4v) is 3.70. The fourth-order valence-electron chi connectivity index (χ4n) is 2.84. The summed E-state index contributed by atoms with van der Waals surface area (Å²) in [7, 11) is 1.93. The van der Waals surface area contributed by atoms with Crippen LogP contribution in [0.2, 0.25) is 0 Å². The average Bonchev–Trinajstić information content (AvgIpc) is 3.13. The third-order valence-corrected chi connectivity index (χ3v) is 4.96. The Labute approximate surface area is 152 Å². The molecule has 3 heterocycles. The summed E-state index contributed by atoms with van der Waals surface area (Å²) in [5.41, 5.74) is 2.66. The van der Waals surface area contributed by atoms with Gasteiger partial charge in [0.1, 0.15) is 11.3 Å². The van der Waals surface area contributed by atoms with Crippen molar-refractivity contribution < 1.29 is 9.53 Å². The Morgan fingerprint density at radius 1 is 1.24 bits per heavy atom. The number of ether oxygens (including phenoxy) is 1. The quantitative estimate of drug-likeness (QED) is 0.821. The van der Waals surface area contributed by atoms with E-state index in [1.165, 1.54) is 0 Å². The van der Waals surface area contributed by atoms with Gasteiger partial charge in [-0.2, -0.15) is 5.10 Å². The maximum absolute atomic E-state index is 12.2. The molecule has 2 aromatic heterocycles. The zero-order valence-electron chi connectivity index (χ0n) is 15.4. The molecule has 0 saturated carbocycles. The monoisotopic (exact) mass is 363 g/mol. The number of hydrogen-bond donors (Lipinski definition) is 0. The van der Waals surface area contributed by atoms with Crippen molar-refractivity contribution in [3.63, 3.8) is 0 Å². The second kappa shape index (κ2) is 6.67. The van der Waals surface area contributed by atoms with Crippen LogP contribution in [0.3, 0.4) is 0 Å². The summed E-state index contributed by atoms with van der Waals surface area (Å²) in [4.78, 5) is 20.9. The summed E-state index contributed by atoms with van der Waals surface area (Å²) in [6.07, 6.45) is 1.62. The third kappa shape index (κ3) is 3.95. The van der Waals surface area contributed by atoms with Crippen molar-refractivity contribution in [3.05, 3.63) is 17.1 Å². The minimum Gasteiger partial charge on any atom is -0.444 e. The number of thiazole rings is 1. The average molecular weight is 363 g/mol. The van der Waals surface area contributed by atoms with Crippen LogP contribution in [0.1, 0.15) is 26.3 Å². The summed E-state index contributed by atoms with van der Waals surface area (Å²) >= 11 is 1.63. The highest BCUT2D eigenvalue weighted by molar-refractivity contribution is 7.14. The predicted molar refractivity (Wildman–Crippen MR) is 99.1 cm³/mol. The van der Waals surface area contributed by atoms with Gasteiger partial charge in [-0.15, -0.1) is 11.3 Å². The van der Waals surface area contributed by atoms with E-state index in [0.29, 0.717) is 13.1 Å². The van der Waals surface area contributed by atoms with Gasteiger partial charge in [0, 0.05) is 38.6 Å². The van der Waals surface area contributed by atoms with E-state index in [1.54, 1.807) is 16.2 Å². The lowest BCUT2D eigenvalue weighted by Crippen LogP contribution is -2.50. The number of anilines is 1. The van der Waals surface area contributed by atoms with Crippen molar-refractivity contribution in [3.8, 4) is 11.4 Å². The van der Waals surface area contributed by atoms with Crippen LogP contribution in [0.25, 0.3) is 11.4 Å². The van der Waals surface area contributed by atoms with Crippen LogP contribution in [0, 0.1) is 6.92 Å². The van der Waals surface area contributed by atoms with E-state index in [1.807, 2.05) is 45.6 Å². The van der Waals surface area contributed by atoms with Crippen LogP contribution >= 0.6 is 11.3 Å². The normalized spacial score (nSPS) is 15.6. The van der Waals surface area contributed by atoms with E-state index < -0.39 is 5.60 Å². The molecular formula is C17H25N5O2S. The molecule has 0 aliphatic carbocycles. The minimum atomic E-state index is -0.459. The number of amides is 1. The molecule has 7 nitrogen and oxygen atoms in total. The van der Waals surface area contributed by atoms with Gasteiger partial charge in [0.25, 0.3) is 0 Å². The zero-order chi connectivity index (χ0) is 18.2. The molecule has 1 amide bonds. The first-order valence-corrected chi connectivity index (χ1v) is 9.30. The molecule has 1 aliphatic rings. The molecule has 8 heteroatoms. The first-order chi connectivity index (χ1) is 11.7. The van der Waals surface area contributed by atoms with Crippen molar-refractivity contribution in [2.45, 2.75) is 33.3 Å². The number of carbonyl (C=O) groups excluding carboxylic acids is 1. The molecule has 2 aromatic rings. The van der Waals surface area contributed by atoms with Crippen LogP contribution < -0.4 is 4.90 Å². The van der Waals surface area contributed by atoms with Crippen molar-refractivity contribution >= 4 is 22.6 Å². The molecule has 0 unspecified atom stereocenters. The van der Waals surface area contributed by atoms with E-state index in [0.717, 1.165) is 35.2 Å². The Morgan fingerprint density at radius 3 is 2.48 bits per heavy atom. The topological polar surface area (TPSA) is 63.5 Å². The van der Waals surface area contributed by atoms with Crippen molar-refractivity contribution in [1.82, 2.24) is 19.7 Å². The van der Waals surface area contributed by atoms with E-state index in [2.05, 4.69) is 15.4 Å². The van der Waals surface area contributed by atoms with Crippen LogP contribution in [0.5, 0.6) is 0 Å². The van der Waals surface area contributed by atoms with E-state index in [9.17, 15) is 4.79 Å². The van der Waals surface area contributed by atoms with Crippen molar-refractivity contribution in [1.29, 1.82) is 0 Å². The lowest BCUT2D eigenvalue weighted by molar-refractivity contribution is 0.0240. The summed E-state index contributed by atoms with van der Waals surface area (Å²) in [6.45, 7) is 10.5. The molecule has 0 bridgehead atoms. The summed E-state index contributed by atoms with van der Waals surface area (Å²) < 4.78 is 7.30. The minimum absolute atomic E-state index is 0.238. The van der Waals surface area contributed by atoms with Crippen LogP contribution in [-0.2, 0) is 11.8 Å². The molecule has 0 radical (unpaired) electrons. The second-order valence-corrected chi connectivity index (χ2v) is 8.11. The van der Waals surface area contributed by atoms with Gasteiger partial charge in [-0.25, -0.2) is 9.78 Å². The molecule has 3 rings (SSSR count).